The molecule has 1 fully saturated rings. The highest BCUT2D eigenvalue weighted by Crippen LogP contribution is 2.22. The zero-order valence-electron chi connectivity index (χ0n) is 11.5. The fourth-order valence-corrected chi connectivity index (χ4v) is 2.60. The average molecular weight is 280 g/mol. The van der Waals surface area contributed by atoms with Gasteiger partial charge in [-0.25, -0.2) is 0 Å². The molecule has 2 N–H and O–H groups in total. The maximum atomic E-state index is 12.1. The normalized spacial score (nSPS) is 21.9. The van der Waals surface area contributed by atoms with E-state index in [0.29, 0.717) is 18.2 Å². The van der Waals surface area contributed by atoms with Gasteiger partial charge < -0.3 is 19.7 Å². The highest BCUT2D eigenvalue weighted by Gasteiger charge is 2.27. The zero-order valence-corrected chi connectivity index (χ0v) is 11.5. The number of ether oxygens (including phenoxy) is 1. The molecule has 1 saturated heterocycles. The van der Waals surface area contributed by atoms with Gasteiger partial charge in [0.25, 0.3) is 5.91 Å². The fourth-order valence-electron chi connectivity index (χ4n) is 2.60. The van der Waals surface area contributed by atoms with Gasteiger partial charge in [-0.2, -0.15) is 0 Å². The molecule has 0 saturated carbocycles. The van der Waals surface area contributed by atoms with Crippen LogP contribution in [0.4, 0.5) is 0 Å². The molecule has 2 rings (SSSR count). The molecule has 6 nitrogen and oxygen atoms in total. The van der Waals surface area contributed by atoms with E-state index < -0.39 is 5.97 Å². The van der Waals surface area contributed by atoms with Crippen LogP contribution in [-0.2, 0) is 16.1 Å². The van der Waals surface area contributed by atoms with Crippen LogP contribution in [0.2, 0.25) is 0 Å². The second-order valence-corrected chi connectivity index (χ2v) is 4.99. The Kier molecular flexibility index (Phi) is 4.79. The molecule has 0 bridgehead atoms. The van der Waals surface area contributed by atoms with Crippen molar-refractivity contribution in [2.24, 2.45) is 5.92 Å². The van der Waals surface area contributed by atoms with Crippen molar-refractivity contribution < 1.29 is 19.4 Å². The molecule has 1 amide bonds. The number of aromatic nitrogens is 1. The molecule has 2 unspecified atom stereocenters. The maximum Gasteiger partial charge on any atom is 0.323 e. The van der Waals surface area contributed by atoms with Crippen LogP contribution in [0, 0.1) is 5.92 Å². The van der Waals surface area contributed by atoms with Crippen LogP contribution in [0.3, 0.4) is 0 Å². The van der Waals surface area contributed by atoms with E-state index in [-0.39, 0.29) is 18.6 Å². The van der Waals surface area contributed by atoms with E-state index >= 15 is 0 Å². The third-order valence-corrected chi connectivity index (χ3v) is 3.64. The van der Waals surface area contributed by atoms with E-state index in [2.05, 4.69) is 12.2 Å². The number of hydrogen-bond acceptors (Lipinski definition) is 3. The van der Waals surface area contributed by atoms with Gasteiger partial charge in [0.05, 0.1) is 6.10 Å². The van der Waals surface area contributed by atoms with Gasteiger partial charge in [0.2, 0.25) is 0 Å². The Labute approximate surface area is 117 Å². The predicted octanol–water partition coefficient (Wildman–Crippen LogP) is 1.12. The minimum Gasteiger partial charge on any atom is -0.480 e. The number of aliphatic carboxylic acids is 1. The summed E-state index contributed by atoms with van der Waals surface area (Å²) in [5.74, 6) is -0.865. The first-order chi connectivity index (χ1) is 9.61. The Bertz CT molecular complexity index is 483. The molecular weight excluding hydrogens is 260 g/mol. The summed E-state index contributed by atoms with van der Waals surface area (Å²) < 4.78 is 7.01. The number of rotatable bonds is 6. The maximum absolute atomic E-state index is 12.1. The SMILES string of the molecule is CCC1OCCC1CNC(=O)c1cccn1CC(=O)O. The molecule has 0 aromatic carbocycles. The van der Waals surface area contributed by atoms with E-state index in [1.807, 2.05) is 0 Å². The van der Waals surface area contributed by atoms with Crippen molar-refractivity contribution in [2.75, 3.05) is 13.2 Å². The second-order valence-electron chi connectivity index (χ2n) is 4.99. The lowest BCUT2D eigenvalue weighted by Gasteiger charge is -2.17. The predicted molar refractivity (Wildman–Crippen MR) is 72.5 cm³/mol. The lowest BCUT2D eigenvalue weighted by Crippen LogP contribution is -2.34. The Hall–Kier alpha value is -1.82. The molecule has 1 aromatic heterocycles. The highest BCUT2D eigenvalue weighted by molar-refractivity contribution is 5.93. The van der Waals surface area contributed by atoms with Gasteiger partial charge in [-0.15, -0.1) is 0 Å². The van der Waals surface area contributed by atoms with Crippen molar-refractivity contribution in [3.8, 4) is 0 Å². The van der Waals surface area contributed by atoms with Crippen LogP contribution in [0.1, 0.15) is 30.3 Å². The molecule has 0 aliphatic carbocycles. The fraction of sp³-hybridized carbons (Fsp3) is 0.571. The van der Waals surface area contributed by atoms with Crippen LogP contribution >= 0.6 is 0 Å². The number of nitrogens with one attached hydrogen (secondary N) is 1. The summed E-state index contributed by atoms with van der Waals surface area (Å²) in [6.07, 6.45) is 3.70. The summed E-state index contributed by atoms with van der Waals surface area (Å²) in [6, 6.07) is 3.30. The van der Waals surface area contributed by atoms with Gasteiger partial charge in [0.15, 0.2) is 0 Å². The van der Waals surface area contributed by atoms with Crippen molar-refractivity contribution in [3.05, 3.63) is 24.0 Å². The Balaban J connectivity index is 1.92. The Morgan fingerprint density at radius 3 is 3.05 bits per heavy atom. The van der Waals surface area contributed by atoms with Crippen LogP contribution in [-0.4, -0.2) is 40.8 Å². The van der Waals surface area contributed by atoms with E-state index in [1.54, 1.807) is 18.3 Å². The number of carbonyl (C=O) groups is 2. The summed E-state index contributed by atoms with van der Waals surface area (Å²) in [6.45, 7) is 3.17. The zero-order chi connectivity index (χ0) is 14.5. The summed E-state index contributed by atoms with van der Waals surface area (Å²) in [5.41, 5.74) is 0.374. The number of carbonyl (C=O) groups excluding carboxylic acids is 1. The quantitative estimate of drug-likeness (QED) is 0.818. The third kappa shape index (κ3) is 3.39. The largest absolute Gasteiger partial charge is 0.480 e. The summed E-state index contributed by atoms with van der Waals surface area (Å²) in [7, 11) is 0. The molecular formula is C14H20N2O4. The summed E-state index contributed by atoms with van der Waals surface area (Å²) in [5, 5.41) is 11.7. The standard InChI is InChI=1S/C14H20N2O4/c1-2-12-10(5-7-20-12)8-15-14(19)11-4-3-6-16(11)9-13(17)18/h3-4,6,10,12H,2,5,7-9H2,1H3,(H,15,19)(H,17,18). The molecule has 20 heavy (non-hydrogen) atoms. The smallest absolute Gasteiger partial charge is 0.323 e. The van der Waals surface area contributed by atoms with E-state index in [1.165, 1.54) is 4.57 Å². The molecule has 2 atom stereocenters. The lowest BCUT2D eigenvalue weighted by atomic mass is 10.00. The topological polar surface area (TPSA) is 80.6 Å². The van der Waals surface area contributed by atoms with Gasteiger partial charge in [-0.3, -0.25) is 9.59 Å². The van der Waals surface area contributed by atoms with Crippen LogP contribution in [0.5, 0.6) is 0 Å². The molecule has 1 aliphatic heterocycles. The molecule has 6 heteroatoms. The van der Waals surface area contributed by atoms with Crippen molar-refractivity contribution in [3.63, 3.8) is 0 Å². The second kappa shape index (κ2) is 6.56. The molecule has 110 valence electrons. The average Bonchev–Trinajstić information content (AvgIpc) is 3.03. The van der Waals surface area contributed by atoms with Crippen molar-refractivity contribution in [1.82, 2.24) is 9.88 Å². The summed E-state index contributed by atoms with van der Waals surface area (Å²) in [4.78, 5) is 22.8. The molecule has 0 spiro atoms. The molecule has 2 heterocycles. The van der Waals surface area contributed by atoms with Crippen molar-refractivity contribution >= 4 is 11.9 Å². The first kappa shape index (κ1) is 14.6. The molecule has 0 radical (unpaired) electrons. The van der Waals surface area contributed by atoms with Gasteiger partial charge >= 0.3 is 5.97 Å². The Morgan fingerprint density at radius 2 is 2.35 bits per heavy atom. The molecule has 1 aliphatic rings. The number of carboxylic acid groups (broad SMARTS) is 1. The van der Waals surface area contributed by atoms with E-state index in [4.69, 9.17) is 9.84 Å². The minimum atomic E-state index is -0.967. The van der Waals surface area contributed by atoms with Gasteiger partial charge in [-0.1, -0.05) is 6.92 Å². The van der Waals surface area contributed by atoms with E-state index in [0.717, 1.165) is 19.4 Å². The highest BCUT2D eigenvalue weighted by atomic mass is 16.5. The van der Waals surface area contributed by atoms with Gasteiger partial charge in [0, 0.05) is 25.3 Å². The van der Waals surface area contributed by atoms with E-state index in [9.17, 15) is 9.59 Å². The van der Waals surface area contributed by atoms with Gasteiger partial charge in [-0.05, 0) is 25.0 Å². The number of nitrogens with zero attached hydrogens (tertiary/aromatic N) is 1. The number of amides is 1. The first-order valence-corrected chi connectivity index (χ1v) is 6.88. The van der Waals surface area contributed by atoms with Crippen molar-refractivity contribution in [1.29, 1.82) is 0 Å². The summed E-state index contributed by atoms with van der Waals surface area (Å²) >= 11 is 0. The molecule has 1 aromatic rings. The minimum absolute atomic E-state index is 0.208. The van der Waals surface area contributed by atoms with Crippen LogP contribution in [0.25, 0.3) is 0 Å². The van der Waals surface area contributed by atoms with Crippen molar-refractivity contribution in [2.45, 2.75) is 32.4 Å². The van der Waals surface area contributed by atoms with Crippen LogP contribution in [0.15, 0.2) is 18.3 Å². The number of carboxylic acids is 1. The third-order valence-electron chi connectivity index (χ3n) is 3.64. The first-order valence-electron chi connectivity index (χ1n) is 6.88. The monoisotopic (exact) mass is 280 g/mol. The Morgan fingerprint density at radius 1 is 1.55 bits per heavy atom. The lowest BCUT2D eigenvalue weighted by molar-refractivity contribution is -0.137. The number of hydrogen-bond donors (Lipinski definition) is 2. The van der Waals surface area contributed by atoms with Crippen LogP contribution < -0.4 is 5.32 Å². The van der Waals surface area contributed by atoms with Gasteiger partial charge in [0.1, 0.15) is 12.2 Å².